The van der Waals surface area contributed by atoms with Gasteiger partial charge >= 0.3 is 0 Å². The molecule has 11 heavy (non-hydrogen) atoms. The lowest BCUT2D eigenvalue weighted by molar-refractivity contribution is 0.0819. The van der Waals surface area contributed by atoms with Gasteiger partial charge in [0.25, 0.3) is 5.91 Å². The first-order chi connectivity index (χ1) is 5.18. The van der Waals surface area contributed by atoms with Crippen LogP contribution in [0.1, 0.15) is 15.4 Å². The zero-order valence-corrected chi connectivity index (χ0v) is 6.81. The van der Waals surface area contributed by atoms with Crippen LogP contribution in [-0.4, -0.2) is 22.8 Å². The van der Waals surface area contributed by atoms with Gasteiger partial charge in [0.15, 0.2) is 5.13 Å². The Morgan fingerprint density at radius 2 is 2.45 bits per heavy atom. The summed E-state index contributed by atoms with van der Waals surface area (Å²) >= 11 is 1.26. The second kappa shape index (κ2) is 1.94. The van der Waals surface area contributed by atoms with Crippen molar-refractivity contribution in [2.24, 2.45) is 0 Å². The maximum atomic E-state index is 11.3. The summed E-state index contributed by atoms with van der Waals surface area (Å²) in [6.07, 6.45) is 0. The van der Waals surface area contributed by atoms with Crippen molar-refractivity contribution in [2.75, 3.05) is 12.8 Å². The van der Waals surface area contributed by atoms with Crippen molar-refractivity contribution in [1.29, 1.82) is 0 Å². The number of hydrogen-bond donors (Lipinski definition) is 1. The number of hydrogen-bond acceptors (Lipinski definition) is 4. The number of carbonyl (C=O) groups excluding carboxylic acids is 1. The fourth-order valence-electron chi connectivity index (χ4n) is 1.11. The molecule has 5 heteroatoms. The van der Waals surface area contributed by atoms with Crippen LogP contribution in [0.3, 0.4) is 0 Å². The molecule has 1 aliphatic rings. The van der Waals surface area contributed by atoms with Crippen LogP contribution in [0.15, 0.2) is 0 Å². The molecule has 0 radical (unpaired) electrons. The number of fused-ring (bicyclic) bond motifs is 1. The van der Waals surface area contributed by atoms with Gasteiger partial charge in [-0.05, 0) is 0 Å². The quantitative estimate of drug-likeness (QED) is 0.608. The lowest BCUT2D eigenvalue weighted by atomic mass is 10.4. The van der Waals surface area contributed by atoms with Crippen LogP contribution in [-0.2, 0) is 6.54 Å². The number of aromatic nitrogens is 1. The predicted molar refractivity (Wildman–Crippen MR) is 42.3 cm³/mol. The van der Waals surface area contributed by atoms with Crippen molar-refractivity contribution in [1.82, 2.24) is 9.88 Å². The molecule has 1 aromatic rings. The first-order valence-electron chi connectivity index (χ1n) is 3.19. The van der Waals surface area contributed by atoms with E-state index >= 15 is 0 Å². The molecule has 4 nitrogen and oxygen atoms in total. The van der Waals surface area contributed by atoms with Crippen molar-refractivity contribution < 1.29 is 4.79 Å². The molecule has 0 atom stereocenters. The molecule has 2 heterocycles. The van der Waals surface area contributed by atoms with Gasteiger partial charge in [0.05, 0.1) is 12.2 Å². The normalized spacial score (nSPS) is 15.7. The number of nitrogens with two attached hydrogens (primary N) is 1. The van der Waals surface area contributed by atoms with E-state index in [1.807, 2.05) is 0 Å². The monoisotopic (exact) mass is 169 g/mol. The standard InChI is InChI=1S/C6H7N3OS/c1-9-2-3-4(5(9)10)11-6(7)8-3/h2H2,1H3,(H2,7,8). The second-order valence-electron chi connectivity index (χ2n) is 2.49. The molecule has 0 fully saturated rings. The summed E-state index contributed by atoms with van der Waals surface area (Å²) in [4.78, 5) is 17.6. The predicted octanol–water partition coefficient (Wildman–Crippen LogP) is 0.311. The molecule has 0 aromatic carbocycles. The number of nitrogens with zero attached hydrogens (tertiary/aromatic N) is 2. The van der Waals surface area contributed by atoms with E-state index in [0.717, 1.165) is 5.69 Å². The summed E-state index contributed by atoms with van der Waals surface area (Å²) in [5.41, 5.74) is 6.25. The van der Waals surface area contributed by atoms with E-state index < -0.39 is 0 Å². The SMILES string of the molecule is CN1Cc2nc(N)sc2C1=O. The van der Waals surface area contributed by atoms with E-state index in [2.05, 4.69) is 4.98 Å². The van der Waals surface area contributed by atoms with Crippen LogP contribution in [0.2, 0.25) is 0 Å². The molecule has 58 valence electrons. The highest BCUT2D eigenvalue weighted by atomic mass is 32.1. The molecule has 1 amide bonds. The Hall–Kier alpha value is -1.10. The first kappa shape index (κ1) is 6.60. The van der Waals surface area contributed by atoms with Gasteiger partial charge in [-0.25, -0.2) is 4.98 Å². The van der Waals surface area contributed by atoms with Crippen LogP contribution < -0.4 is 5.73 Å². The van der Waals surface area contributed by atoms with Gasteiger partial charge in [-0.15, -0.1) is 0 Å². The summed E-state index contributed by atoms with van der Waals surface area (Å²) in [7, 11) is 1.76. The third kappa shape index (κ3) is 0.808. The summed E-state index contributed by atoms with van der Waals surface area (Å²) in [6, 6.07) is 0. The van der Waals surface area contributed by atoms with Crippen LogP contribution >= 0.6 is 11.3 Å². The Bertz CT molecular complexity index is 320. The molecule has 0 spiro atoms. The average Bonchev–Trinajstić information content (AvgIpc) is 2.37. The lowest BCUT2D eigenvalue weighted by Gasteiger charge is -2.04. The average molecular weight is 169 g/mol. The van der Waals surface area contributed by atoms with Gasteiger partial charge in [0.1, 0.15) is 4.88 Å². The maximum absolute atomic E-state index is 11.3. The van der Waals surface area contributed by atoms with E-state index in [1.165, 1.54) is 11.3 Å². The molecular formula is C6H7N3OS. The molecular weight excluding hydrogens is 162 g/mol. The van der Waals surface area contributed by atoms with Crippen molar-refractivity contribution >= 4 is 22.4 Å². The number of amides is 1. The number of rotatable bonds is 0. The molecule has 2 N–H and O–H groups in total. The van der Waals surface area contributed by atoms with Crippen LogP contribution in [0, 0.1) is 0 Å². The number of anilines is 1. The van der Waals surface area contributed by atoms with Gasteiger partial charge in [-0.1, -0.05) is 11.3 Å². The highest BCUT2D eigenvalue weighted by molar-refractivity contribution is 7.17. The Morgan fingerprint density at radius 3 is 3.09 bits per heavy atom. The highest BCUT2D eigenvalue weighted by Gasteiger charge is 2.28. The number of nitrogen functional groups attached to an aromatic ring is 1. The Balaban J connectivity index is 2.52. The fraction of sp³-hybridized carbons (Fsp3) is 0.333. The molecule has 0 aliphatic carbocycles. The van der Waals surface area contributed by atoms with E-state index in [9.17, 15) is 4.79 Å². The Labute approximate surface area is 67.6 Å². The summed E-state index contributed by atoms with van der Waals surface area (Å²) in [6.45, 7) is 0.599. The van der Waals surface area contributed by atoms with Crippen LogP contribution in [0.25, 0.3) is 0 Å². The minimum atomic E-state index is 0.0363. The second-order valence-corrected chi connectivity index (χ2v) is 3.52. The highest BCUT2D eigenvalue weighted by Crippen LogP contribution is 2.27. The third-order valence-electron chi connectivity index (χ3n) is 1.64. The summed E-state index contributed by atoms with van der Waals surface area (Å²) in [5, 5.41) is 0.483. The Morgan fingerprint density at radius 1 is 1.73 bits per heavy atom. The zero-order valence-electron chi connectivity index (χ0n) is 6.00. The van der Waals surface area contributed by atoms with Gasteiger partial charge < -0.3 is 10.6 Å². The molecule has 1 aliphatic heterocycles. The minimum Gasteiger partial charge on any atom is -0.375 e. The molecule has 0 unspecified atom stereocenters. The molecule has 0 saturated heterocycles. The van der Waals surface area contributed by atoms with Crippen molar-refractivity contribution in [3.05, 3.63) is 10.6 Å². The van der Waals surface area contributed by atoms with Crippen LogP contribution in [0.4, 0.5) is 5.13 Å². The van der Waals surface area contributed by atoms with Crippen molar-refractivity contribution in [3.8, 4) is 0 Å². The van der Waals surface area contributed by atoms with Crippen LogP contribution in [0.5, 0.6) is 0 Å². The Kier molecular flexibility index (Phi) is 1.17. The molecule has 0 saturated carbocycles. The lowest BCUT2D eigenvalue weighted by Crippen LogP contribution is -2.17. The molecule has 2 rings (SSSR count). The van der Waals surface area contributed by atoms with Gasteiger partial charge in [0, 0.05) is 7.05 Å². The van der Waals surface area contributed by atoms with E-state index in [1.54, 1.807) is 11.9 Å². The van der Waals surface area contributed by atoms with E-state index in [4.69, 9.17) is 5.73 Å². The summed E-state index contributed by atoms with van der Waals surface area (Å²) < 4.78 is 0. The largest absolute Gasteiger partial charge is 0.375 e. The molecule has 1 aromatic heterocycles. The van der Waals surface area contributed by atoms with Gasteiger partial charge in [0.2, 0.25) is 0 Å². The number of thiazole rings is 1. The van der Waals surface area contributed by atoms with E-state index in [-0.39, 0.29) is 5.91 Å². The minimum absolute atomic E-state index is 0.0363. The van der Waals surface area contributed by atoms with Gasteiger partial charge in [-0.2, -0.15) is 0 Å². The van der Waals surface area contributed by atoms with Crippen molar-refractivity contribution in [3.63, 3.8) is 0 Å². The zero-order chi connectivity index (χ0) is 8.01. The van der Waals surface area contributed by atoms with Gasteiger partial charge in [-0.3, -0.25) is 4.79 Å². The number of carbonyl (C=O) groups is 1. The smallest absolute Gasteiger partial charge is 0.266 e. The third-order valence-corrected chi connectivity index (χ3v) is 2.56. The van der Waals surface area contributed by atoms with E-state index in [0.29, 0.717) is 16.6 Å². The molecule has 0 bridgehead atoms. The topological polar surface area (TPSA) is 59.2 Å². The maximum Gasteiger partial charge on any atom is 0.266 e. The first-order valence-corrected chi connectivity index (χ1v) is 4.01. The van der Waals surface area contributed by atoms with Crippen molar-refractivity contribution in [2.45, 2.75) is 6.54 Å². The summed E-state index contributed by atoms with van der Waals surface area (Å²) in [5.74, 6) is 0.0363. The fourth-order valence-corrected chi connectivity index (χ4v) is 1.95.